The van der Waals surface area contributed by atoms with E-state index in [9.17, 15) is 9.59 Å². The van der Waals surface area contributed by atoms with Crippen LogP contribution in [0.3, 0.4) is 0 Å². The molecule has 4 nitrogen and oxygen atoms in total. The third-order valence-corrected chi connectivity index (χ3v) is 5.62. The van der Waals surface area contributed by atoms with E-state index in [-0.39, 0.29) is 30.4 Å². The molecule has 3 aliphatic rings. The Morgan fingerprint density at radius 1 is 1.05 bits per heavy atom. The van der Waals surface area contributed by atoms with Gasteiger partial charge in [0.1, 0.15) is 6.04 Å². The lowest BCUT2D eigenvalue weighted by Gasteiger charge is -2.44. The van der Waals surface area contributed by atoms with Crippen LogP contribution in [0.4, 0.5) is 0 Å². The summed E-state index contributed by atoms with van der Waals surface area (Å²) in [5.41, 5.74) is 0. The average Bonchev–Trinajstić information content (AvgIpc) is 2.40. The van der Waals surface area contributed by atoms with Crippen molar-refractivity contribution in [3.63, 3.8) is 0 Å². The van der Waals surface area contributed by atoms with Crippen molar-refractivity contribution < 1.29 is 9.59 Å². The summed E-state index contributed by atoms with van der Waals surface area (Å²) in [5, 5.41) is 2.97. The van der Waals surface area contributed by atoms with E-state index >= 15 is 0 Å². The van der Waals surface area contributed by atoms with Crippen LogP contribution in [0, 0.1) is 11.8 Å². The first-order chi connectivity index (χ1) is 9.66. The monoisotopic (exact) mass is 278 g/mol. The number of hydrogen-bond acceptors (Lipinski definition) is 2. The quantitative estimate of drug-likeness (QED) is 0.859. The Morgan fingerprint density at radius 2 is 1.75 bits per heavy atom. The number of amides is 2. The first kappa shape index (κ1) is 13.9. The van der Waals surface area contributed by atoms with E-state index in [1.807, 2.05) is 4.90 Å². The van der Waals surface area contributed by atoms with Crippen LogP contribution in [0.1, 0.15) is 58.3 Å². The van der Waals surface area contributed by atoms with Gasteiger partial charge in [0.05, 0.1) is 6.54 Å². The summed E-state index contributed by atoms with van der Waals surface area (Å²) in [6, 6.07) is -0.0209. The Hall–Kier alpha value is -1.06. The van der Waals surface area contributed by atoms with Gasteiger partial charge < -0.3 is 10.2 Å². The zero-order valence-electron chi connectivity index (χ0n) is 12.4. The Balaban J connectivity index is 1.71. The number of rotatable bonds is 3. The molecule has 1 heterocycles. The van der Waals surface area contributed by atoms with Gasteiger partial charge in [0.2, 0.25) is 11.8 Å². The van der Waals surface area contributed by atoms with Crippen molar-refractivity contribution in [3.05, 3.63) is 0 Å². The highest BCUT2D eigenvalue weighted by Gasteiger charge is 2.42. The van der Waals surface area contributed by atoms with E-state index in [1.165, 1.54) is 38.5 Å². The summed E-state index contributed by atoms with van der Waals surface area (Å²) in [5.74, 6) is 1.18. The number of carbonyl (C=O) groups is 2. The van der Waals surface area contributed by atoms with Crippen molar-refractivity contribution in [1.82, 2.24) is 10.2 Å². The third-order valence-electron chi connectivity index (χ3n) is 5.62. The van der Waals surface area contributed by atoms with Gasteiger partial charge in [0.15, 0.2) is 0 Å². The van der Waals surface area contributed by atoms with Crippen molar-refractivity contribution in [1.29, 1.82) is 0 Å². The summed E-state index contributed by atoms with van der Waals surface area (Å²) in [6.45, 7) is 2.39. The van der Waals surface area contributed by atoms with Gasteiger partial charge in [0.25, 0.3) is 0 Å². The predicted octanol–water partition coefficient (Wildman–Crippen LogP) is 2.08. The van der Waals surface area contributed by atoms with Crippen molar-refractivity contribution in [3.8, 4) is 0 Å². The summed E-state index contributed by atoms with van der Waals surface area (Å²) in [7, 11) is 0. The fourth-order valence-corrected chi connectivity index (χ4v) is 4.00. The molecule has 0 radical (unpaired) electrons. The predicted molar refractivity (Wildman–Crippen MR) is 77.0 cm³/mol. The van der Waals surface area contributed by atoms with Gasteiger partial charge in [-0.15, -0.1) is 0 Å². The minimum atomic E-state index is -0.251. The van der Waals surface area contributed by atoms with E-state index in [4.69, 9.17) is 0 Å². The molecule has 112 valence electrons. The maximum absolute atomic E-state index is 12.8. The van der Waals surface area contributed by atoms with Crippen molar-refractivity contribution in [2.45, 2.75) is 70.4 Å². The molecule has 3 rings (SSSR count). The number of nitrogens with one attached hydrogen (secondary N) is 1. The van der Waals surface area contributed by atoms with E-state index < -0.39 is 0 Å². The Bertz CT molecular complexity index is 370. The number of piperazine rings is 1. The van der Waals surface area contributed by atoms with Crippen LogP contribution in [0.25, 0.3) is 0 Å². The topological polar surface area (TPSA) is 49.4 Å². The second-order valence-electron chi connectivity index (χ2n) is 6.84. The van der Waals surface area contributed by atoms with Crippen LogP contribution < -0.4 is 5.32 Å². The molecule has 2 aliphatic carbocycles. The summed E-state index contributed by atoms with van der Waals surface area (Å²) in [6.07, 6.45) is 9.53. The maximum atomic E-state index is 12.8. The molecule has 3 fully saturated rings. The highest BCUT2D eigenvalue weighted by Crippen LogP contribution is 2.34. The minimum absolute atomic E-state index is 0.0337. The molecular weight excluding hydrogens is 252 g/mol. The SMILES string of the molecule is CC(C1CCC1)N1CC(=O)NC(C2CCCCC2)C1=O. The molecule has 2 amide bonds. The van der Waals surface area contributed by atoms with Crippen molar-refractivity contribution in [2.75, 3.05) is 6.54 Å². The highest BCUT2D eigenvalue weighted by molar-refractivity contribution is 5.95. The number of carbonyl (C=O) groups excluding carboxylic acids is 2. The van der Waals surface area contributed by atoms with Crippen LogP contribution >= 0.6 is 0 Å². The second kappa shape index (κ2) is 5.74. The molecule has 4 heteroatoms. The van der Waals surface area contributed by atoms with Gasteiger partial charge in [-0.25, -0.2) is 0 Å². The molecule has 2 atom stereocenters. The van der Waals surface area contributed by atoms with E-state index in [0.717, 1.165) is 12.8 Å². The standard InChI is InChI=1S/C16H26N2O2/c1-11(12-8-5-9-12)18-10-14(19)17-15(16(18)20)13-6-3-2-4-7-13/h11-13,15H,2-10H2,1H3,(H,17,19). The fraction of sp³-hybridized carbons (Fsp3) is 0.875. The van der Waals surface area contributed by atoms with Gasteiger partial charge in [-0.2, -0.15) is 0 Å². The Morgan fingerprint density at radius 3 is 2.35 bits per heavy atom. The molecule has 0 aromatic carbocycles. The molecular formula is C16H26N2O2. The molecule has 0 aromatic heterocycles. The molecule has 2 saturated carbocycles. The zero-order chi connectivity index (χ0) is 14.1. The van der Waals surface area contributed by atoms with E-state index in [2.05, 4.69) is 12.2 Å². The molecule has 1 saturated heterocycles. The maximum Gasteiger partial charge on any atom is 0.246 e. The smallest absolute Gasteiger partial charge is 0.246 e. The van der Waals surface area contributed by atoms with Gasteiger partial charge >= 0.3 is 0 Å². The molecule has 2 unspecified atom stereocenters. The number of hydrogen-bond donors (Lipinski definition) is 1. The van der Waals surface area contributed by atoms with E-state index in [1.54, 1.807) is 0 Å². The molecule has 20 heavy (non-hydrogen) atoms. The Kier molecular flexibility index (Phi) is 3.99. The van der Waals surface area contributed by atoms with Crippen LogP contribution in [-0.2, 0) is 9.59 Å². The molecule has 1 N–H and O–H groups in total. The zero-order valence-corrected chi connectivity index (χ0v) is 12.4. The van der Waals surface area contributed by atoms with Crippen LogP contribution in [0.5, 0.6) is 0 Å². The molecule has 1 aliphatic heterocycles. The minimum Gasteiger partial charge on any atom is -0.342 e. The lowest BCUT2D eigenvalue weighted by atomic mass is 9.78. The fourth-order valence-electron chi connectivity index (χ4n) is 4.00. The van der Waals surface area contributed by atoms with Gasteiger partial charge in [-0.05, 0) is 44.4 Å². The first-order valence-corrected chi connectivity index (χ1v) is 8.26. The van der Waals surface area contributed by atoms with Gasteiger partial charge in [0, 0.05) is 6.04 Å². The Labute approximate surface area is 121 Å². The van der Waals surface area contributed by atoms with Crippen molar-refractivity contribution >= 4 is 11.8 Å². The normalized spacial score (nSPS) is 30.9. The lowest BCUT2D eigenvalue weighted by Crippen LogP contribution is -2.63. The largest absolute Gasteiger partial charge is 0.342 e. The van der Waals surface area contributed by atoms with Crippen LogP contribution in [0.2, 0.25) is 0 Å². The van der Waals surface area contributed by atoms with Crippen LogP contribution in [-0.4, -0.2) is 35.3 Å². The highest BCUT2D eigenvalue weighted by atomic mass is 16.2. The molecule has 0 aromatic rings. The average molecular weight is 278 g/mol. The van der Waals surface area contributed by atoms with E-state index in [0.29, 0.717) is 11.8 Å². The lowest BCUT2D eigenvalue weighted by molar-refractivity contribution is -0.150. The number of nitrogens with zero attached hydrogens (tertiary/aromatic N) is 1. The summed E-state index contributed by atoms with van der Waals surface area (Å²) in [4.78, 5) is 26.6. The molecule has 0 spiro atoms. The third kappa shape index (κ3) is 2.57. The second-order valence-corrected chi connectivity index (χ2v) is 6.84. The van der Waals surface area contributed by atoms with Crippen molar-refractivity contribution in [2.24, 2.45) is 11.8 Å². The first-order valence-electron chi connectivity index (χ1n) is 8.26. The summed E-state index contributed by atoms with van der Waals surface area (Å²) < 4.78 is 0. The van der Waals surface area contributed by atoms with Crippen LogP contribution in [0.15, 0.2) is 0 Å². The van der Waals surface area contributed by atoms with Gasteiger partial charge in [-0.3, -0.25) is 9.59 Å². The molecule has 0 bridgehead atoms. The van der Waals surface area contributed by atoms with Gasteiger partial charge in [-0.1, -0.05) is 25.7 Å². The summed E-state index contributed by atoms with van der Waals surface area (Å²) >= 11 is 0.